The molecular weight excluding hydrogens is 198 g/mol. The molecule has 1 rings (SSSR count). The summed E-state index contributed by atoms with van der Waals surface area (Å²) in [5.74, 6) is 0. The second kappa shape index (κ2) is 7.29. The van der Waals surface area contributed by atoms with Gasteiger partial charge in [-0.25, -0.2) is 0 Å². The molecule has 84 valence electrons. The maximum absolute atomic E-state index is 4.14. The van der Waals surface area contributed by atoms with Crippen LogP contribution in [0.2, 0.25) is 0 Å². The van der Waals surface area contributed by atoms with Gasteiger partial charge in [-0.05, 0) is 36.9 Å². The zero-order valence-corrected chi connectivity index (χ0v) is 9.64. The predicted molar refractivity (Wildman–Crippen MR) is 70.5 cm³/mol. The number of hydrazone groups is 1. The van der Waals surface area contributed by atoms with Crippen molar-refractivity contribution in [2.24, 2.45) is 5.10 Å². The lowest BCUT2D eigenvalue weighted by atomic mass is 10.3. The Morgan fingerprint density at radius 3 is 2.62 bits per heavy atom. The number of anilines is 1. The first-order chi connectivity index (χ1) is 7.86. The molecule has 0 aliphatic heterocycles. The summed E-state index contributed by atoms with van der Waals surface area (Å²) < 4.78 is 0. The van der Waals surface area contributed by atoms with Crippen molar-refractivity contribution in [1.82, 2.24) is 5.32 Å². The predicted octanol–water partition coefficient (Wildman–Crippen LogP) is 2.76. The van der Waals surface area contributed by atoms with E-state index in [0.717, 1.165) is 11.3 Å². The fraction of sp³-hybridized carbons (Fsp3) is 0.154. The summed E-state index contributed by atoms with van der Waals surface area (Å²) in [5.41, 5.74) is 4.98. The first-order valence-electron chi connectivity index (χ1n) is 5.21. The first-order valence-corrected chi connectivity index (χ1v) is 5.21. The van der Waals surface area contributed by atoms with Crippen LogP contribution in [0.15, 0.2) is 59.4 Å². The highest BCUT2D eigenvalue weighted by atomic mass is 15.3. The van der Waals surface area contributed by atoms with Gasteiger partial charge in [-0.1, -0.05) is 24.3 Å². The normalized spacial score (nSPS) is 12.2. The molecular formula is C13H17N3. The van der Waals surface area contributed by atoms with Gasteiger partial charge in [-0.2, -0.15) is 5.10 Å². The van der Waals surface area contributed by atoms with E-state index in [1.165, 1.54) is 0 Å². The molecule has 0 radical (unpaired) electrons. The van der Waals surface area contributed by atoms with E-state index < -0.39 is 0 Å². The first kappa shape index (κ1) is 12.0. The molecule has 0 saturated carbocycles. The number of allylic oxidation sites excluding steroid dienone is 3. The number of nitrogens with zero attached hydrogens (tertiary/aromatic N) is 1. The number of nitrogens with one attached hydrogen (secondary N) is 2. The third-order valence-electron chi connectivity index (χ3n) is 1.96. The zero-order chi connectivity index (χ0) is 11.6. The smallest absolute Gasteiger partial charge is 0.0561 e. The molecule has 0 aromatic heterocycles. The molecule has 0 aliphatic carbocycles. The molecule has 0 aliphatic rings. The summed E-state index contributed by atoms with van der Waals surface area (Å²) in [6.07, 6.45) is 7.59. The molecule has 0 spiro atoms. The van der Waals surface area contributed by atoms with Crippen LogP contribution < -0.4 is 10.7 Å². The Hall–Kier alpha value is -2.03. The lowest BCUT2D eigenvalue weighted by Gasteiger charge is -1.98. The van der Waals surface area contributed by atoms with E-state index >= 15 is 0 Å². The average Bonchev–Trinajstić information content (AvgIpc) is 2.35. The summed E-state index contributed by atoms with van der Waals surface area (Å²) in [7, 11) is 1.86. The van der Waals surface area contributed by atoms with E-state index in [1.807, 2.05) is 62.7 Å². The molecule has 0 heterocycles. The van der Waals surface area contributed by atoms with Gasteiger partial charge in [0, 0.05) is 7.05 Å². The zero-order valence-electron chi connectivity index (χ0n) is 9.64. The Morgan fingerprint density at radius 2 is 2.00 bits per heavy atom. The van der Waals surface area contributed by atoms with Gasteiger partial charge in [-0.3, -0.25) is 5.43 Å². The lowest BCUT2D eigenvalue weighted by Crippen LogP contribution is -1.94. The van der Waals surface area contributed by atoms with Crippen molar-refractivity contribution in [2.75, 3.05) is 12.5 Å². The summed E-state index contributed by atoms with van der Waals surface area (Å²) in [6, 6.07) is 9.85. The van der Waals surface area contributed by atoms with Gasteiger partial charge in [0.1, 0.15) is 0 Å². The molecule has 2 N–H and O–H groups in total. The second-order valence-corrected chi connectivity index (χ2v) is 3.15. The maximum Gasteiger partial charge on any atom is 0.0561 e. The van der Waals surface area contributed by atoms with E-state index in [2.05, 4.69) is 15.8 Å². The number of rotatable bonds is 5. The fourth-order valence-corrected chi connectivity index (χ4v) is 1.09. The molecule has 3 heteroatoms. The van der Waals surface area contributed by atoms with E-state index in [-0.39, 0.29) is 0 Å². The van der Waals surface area contributed by atoms with Gasteiger partial charge in [0.05, 0.1) is 11.9 Å². The summed E-state index contributed by atoms with van der Waals surface area (Å²) in [5, 5.41) is 7.08. The molecule has 0 fully saturated rings. The fourth-order valence-electron chi connectivity index (χ4n) is 1.09. The van der Waals surface area contributed by atoms with Gasteiger partial charge in [-0.15, -0.1) is 0 Å². The minimum atomic E-state index is 0.979. The van der Waals surface area contributed by atoms with Crippen LogP contribution in [-0.4, -0.2) is 13.3 Å². The Kier molecular flexibility index (Phi) is 5.48. The Labute approximate surface area is 96.6 Å². The summed E-state index contributed by atoms with van der Waals surface area (Å²) >= 11 is 0. The number of hydrogen-bond acceptors (Lipinski definition) is 3. The van der Waals surface area contributed by atoms with Crippen molar-refractivity contribution < 1.29 is 0 Å². The highest BCUT2D eigenvalue weighted by Gasteiger charge is 1.86. The van der Waals surface area contributed by atoms with Crippen LogP contribution in [-0.2, 0) is 0 Å². The van der Waals surface area contributed by atoms with Crippen LogP contribution in [0.5, 0.6) is 0 Å². The standard InChI is InChI=1S/C13H17N3/c1-3-12(9-10-14-2)11-15-16-13-7-5-4-6-8-13/h3-11,14,16H,1-2H3/b10-9-,12-3+,15-11+. The minimum Gasteiger partial charge on any atom is -0.394 e. The number of para-hydroxylation sites is 1. The van der Waals surface area contributed by atoms with Crippen LogP contribution >= 0.6 is 0 Å². The molecule has 1 aromatic carbocycles. The molecule has 0 amide bonds. The molecule has 1 aromatic rings. The van der Waals surface area contributed by atoms with Gasteiger partial charge < -0.3 is 5.32 Å². The van der Waals surface area contributed by atoms with Crippen molar-refractivity contribution in [3.05, 3.63) is 54.3 Å². The van der Waals surface area contributed by atoms with Crippen LogP contribution in [0.25, 0.3) is 0 Å². The van der Waals surface area contributed by atoms with Crippen molar-refractivity contribution in [3.63, 3.8) is 0 Å². The highest BCUT2D eigenvalue weighted by molar-refractivity contribution is 5.82. The van der Waals surface area contributed by atoms with E-state index in [4.69, 9.17) is 0 Å². The van der Waals surface area contributed by atoms with Crippen LogP contribution in [0.1, 0.15) is 6.92 Å². The Morgan fingerprint density at radius 1 is 1.25 bits per heavy atom. The summed E-state index contributed by atoms with van der Waals surface area (Å²) in [4.78, 5) is 0. The SMILES string of the molecule is C/C=C(\C=C/NC)/C=N/Nc1ccccc1. The second-order valence-electron chi connectivity index (χ2n) is 3.15. The molecule has 0 atom stereocenters. The van der Waals surface area contributed by atoms with Crippen molar-refractivity contribution >= 4 is 11.9 Å². The molecule has 0 saturated heterocycles. The summed E-state index contributed by atoms with van der Waals surface area (Å²) in [6.45, 7) is 1.98. The van der Waals surface area contributed by atoms with E-state index in [0.29, 0.717) is 0 Å². The van der Waals surface area contributed by atoms with Gasteiger partial charge in [0.15, 0.2) is 0 Å². The highest BCUT2D eigenvalue weighted by Crippen LogP contribution is 2.04. The average molecular weight is 215 g/mol. The molecule has 16 heavy (non-hydrogen) atoms. The van der Waals surface area contributed by atoms with Crippen LogP contribution in [0.3, 0.4) is 0 Å². The van der Waals surface area contributed by atoms with Crippen molar-refractivity contribution in [2.45, 2.75) is 6.92 Å². The molecule has 3 nitrogen and oxygen atoms in total. The van der Waals surface area contributed by atoms with Crippen LogP contribution in [0, 0.1) is 0 Å². The van der Waals surface area contributed by atoms with E-state index in [9.17, 15) is 0 Å². The van der Waals surface area contributed by atoms with E-state index in [1.54, 1.807) is 6.21 Å². The largest absolute Gasteiger partial charge is 0.394 e. The Bertz CT molecular complexity index is 377. The van der Waals surface area contributed by atoms with Crippen molar-refractivity contribution in [3.8, 4) is 0 Å². The van der Waals surface area contributed by atoms with Gasteiger partial charge in [0.25, 0.3) is 0 Å². The van der Waals surface area contributed by atoms with Crippen LogP contribution in [0.4, 0.5) is 5.69 Å². The number of hydrogen-bond donors (Lipinski definition) is 2. The minimum absolute atomic E-state index is 0.979. The Balaban J connectivity index is 2.51. The third-order valence-corrected chi connectivity index (χ3v) is 1.96. The third kappa shape index (κ3) is 4.46. The van der Waals surface area contributed by atoms with Gasteiger partial charge in [0.2, 0.25) is 0 Å². The van der Waals surface area contributed by atoms with Gasteiger partial charge >= 0.3 is 0 Å². The maximum atomic E-state index is 4.14. The topological polar surface area (TPSA) is 36.4 Å². The molecule has 0 bridgehead atoms. The molecule has 0 unspecified atom stereocenters. The van der Waals surface area contributed by atoms with Crippen molar-refractivity contribution in [1.29, 1.82) is 0 Å². The number of benzene rings is 1. The lowest BCUT2D eigenvalue weighted by molar-refractivity contribution is 1.10. The monoisotopic (exact) mass is 215 g/mol. The quantitative estimate of drug-likeness (QED) is 0.450.